The van der Waals surface area contributed by atoms with E-state index in [2.05, 4.69) is 20.8 Å². The fourth-order valence-electron chi connectivity index (χ4n) is 2.48. The lowest BCUT2D eigenvalue weighted by atomic mass is 9.75. The number of carbonyl (C=O) groups excluding carboxylic acids is 1. The Morgan fingerprint density at radius 2 is 2.13 bits per heavy atom. The number of aliphatic carboxylic acids is 1. The van der Waals surface area contributed by atoms with Gasteiger partial charge in [0.1, 0.15) is 0 Å². The lowest BCUT2D eigenvalue weighted by Crippen LogP contribution is -2.38. The van der Waals surface area contributed by atoms with Crippen molar-refractivity contribution in [2.45, 2.75) is 46.1 Å². The van der Waals surface area contributed by atoms with Gasteiger partial charge in [-0.05, 0) is 30.6 Å². The Hall–Kier alpha value is -0.570. The highest BCUT2D eigenvalue weighted by Gasteiger charge is 2.31. The van der Waals surface area contributed by atoms with Crippen LogP contribution in [0.1, 0.15) is 40.0 Å². The highest BCUT2D eigenvalue weighted by atomic mass is 16.5. The van der Waals surface area contributed by atoms with Gasteiger partial charge < -0.3 is 14.6 Å². The Morgan fingerprint density at radius 3 is 2.67 bits per heavy atom. The number of hydrogen-bond donors (Lipinski definition) is 0. The molecule has 0 aliphatic heterocycles. The molecule has 88 valence electrons. The van der Waals surface area contributed by atoms with Gasteiger partial charge in [-0.2, -0.15) is 0 Å². The first-order chi connectivity index (χ1) is 7.00. The van der Waals surface area contributed by atoms with Crippen LogP contribution < -0.4 is 5.11 Å². The van der Waals surface area contributed by atoms with E-state index in [1.807, 2.05) is 0 Å². The molecule has 1 rings (SSSR count). The van der Waals surface area contributed by atoms with Gasteiger partial charge in [0.05, 0.1) is 18.7 Å². The maximum Gasteiger partial charge on any atom is 0.0865 e. The molecule has 1 saturated carbocycles. The summed E-state index contributed by atoms with van der Waals surface area (Å²) in [5.74, 6) is 0.590. The van der Waals surface area contributed by atoms with Gasteiger partial charge in [-0.15, -0.1) is 0 Å². The summed E-state index contributed by atoms with van der Waals surface area (Å²) >= 11 is 0. The third-order valence-electron chi connectivity index (χ3n) is 3.38. The standard InChI is InChI=1S/C12H22O3/c1-8(2)10-5-4-9(3)6-11(10)15-7-12(13)14/h8-11H,4-7H2,1-3H3,(H,13,14)/p-1/t9-,10-,11+/m0/s1. The number of carbonyl (C=O) groups is 1. The summed E-state index contributed by atoms with van der Waals surface area (Å²) < 4.78 is 5.43. The minimum absolute atomic E-state index is 0.103. The molecule has 0 aromatic heterocycles. The smallest absolute Gasteiger partial charge is 0.0865 e. The van der Waals surface area contributed by atoms with Gasteiger partial charge >= 0.3 is 0 Å². The average Bonchev–Trinajstić information content (AvgIpc) is 2.14. The second-order valence-corrected chi connectivity index (χ2v) is 5.05. The second kappa shape index (κ2) is 5.50. The van der Waals surface area contributed by atoms with Crippen LogP contribution in [0.4, 0.5) is 0 Å². The van der Waals surface area contributed by atoms with Crippen LogP contribution in [0.25, 0.3) is 0 Å². The van der Waals surface area contributed by atoms with Crippen LogP contribution in [0.5, 0.6) is 0 Å². The predicted molar refractivity (Wildman–Crippen MR) is 56.1 cm³/mol. The normalized spacial score (nSPS) is 31.9. The molecule has 3 heteroatoms. The minimum Gasteiger partial charge on any atom is -0.548 e. The molecule has 0 heterocycles. The van der Waals surface area contributed by atoms with Crippen LogP contribution in [-0.2, 0) is 9.53 Å². The van der Waals surface area contributed by atoms with E-state index in [1.54, 1.807) is 0 Å². The number of ether oxygens (including phenoxy) is 1. The molecule has 0 saturated heterocycles. The SMILES string of the molecule is CC(C)[C@@H]1CC[C@H](C)C[C@H]1OCC(=O)[O-]. The van der Waals surface area contributed by atoms with E-state index in [9.17, 15) is 9.90 Å². The van der Waals surface area contributed by atoms with E-state index in [4.69, 9.17) is 4.74 Å². The zero-order valence-corrected chi connectivity index (χ0v) is 9.86. The van der Waals surface area contributed by atoms with Crippen molar-refractivity contribution in [1.29, 1.82) is 0 Å². The zero-order valence-electron chi connectivity index (χ0n) is 9.86. The molecule has 0 bridgehead atoms. The van der Waals surface area contributed by atoms with Crippen molar-refractivity contribution in [2.75, 3.05) is 6.61 Å². The van der Waals surface area contributed by atoms with Crippen LogP contribution in [-0.4, -0.2) is 18.7 Å². The fourth-order valence-corrected chi connectivity index (χ4v) is 2.48. The van der Waals surface area contributed by atoms with Crippen molar-refractivity contribution in [2.24, 2.45) is 17.8 Å². The highest BCUT2D eigenvalue weighted by Crippen LogP contribution is 2.35. The molecule has 0 unspecified atom stereocenters. The van der Waals surface area contributed by atoms with Crippen LogP contribution in [0.15, 0.2) is 0 Å². The minimum atomic E-state index is -1.12. The van der Waals surface area contributed by atoms with E-state index in [0.29, 0.717) is 17.8 Å². The Kier molecular flexibility index (Phi) is 4.58. The quantitative estimate of drug-likeness (QED) is 0.705. The van der Waals surface area contributed by atoms with Gasteiger partial charge in [0.2, 0.25) is 0 Å². The highest BCUT2D eigenvalue weighted by molar-refractivity contribution is 5.65. The molecule has 3 atom stereocenters. The van der Waals surface area contributed by atoms with Crippen LogP contribution in [0, 0.1) is 17.8 Å². The topological polar surface area (TPSA) is 49.4 Å². The molecule has 0 aromatic rings. The lowest BCUT2D eigenvalue weighted by Gasteiger charge is -2.37. The Balaban J connectivity index is 2.50. The summed E-state index contributed by atoms with van der Waals surface area (Å²) in [5.41, 5.74) is 0. The summed E-state index contributed by atoms with van der Waals surface area (Å²) in [7, 11) is 0. The van der Waals surface area contributed by atoms with E-state index in [0.717, 1.165) is 12.8 Å². The number of carboxylic acid groups (broad SMARTS) is 1. The maximum absolute atomic E-state index is 10.4. The van der Waals surface area contributed by atoms with Gasteiger partial charge in [-0.25, -0.2) is 0 Å². The Labute approximate surface area is 91.8 Å². The van der Waals surface area contributed by atoms with Crippen molar-refractivity contribution >= 4 is 5.97 Å². The summed E-state index contributed by atoms with van der Waals surface area (Å²) in [6, 6.07) is 0. The molecule has 0 aromatic carbocycles. The van der Waals surface area contributed by atoms with Crippen LogP contribution in [0.2, 0.25) is 0 Å². The van der Waals surface area contributed by atoms with Crippen molar-refractivity contribution in [3.8, 4) is 0 Å². The van der Waals surface area contributed by atoms with Crippen molar-refractivity contribution in [3.05, 3.63) is 0 Å². The molecule has 1 aliphatic rings. The van der Waals surface area contributed by atoms with Gasteiger partial charge in [0.25, 0.3) is 0 Å². The number of hydrogen-bond acceptors (Lipinski definition) is 3. The molecule has 0 radical (unpaired) electrons. The molecule has 15 heavy (non-hydrogen) atoms. The van der Waals surface area contributed by atoms with Crippen molar-refractivity contribution in [3.63, 3.8) is 0 Å². The second-order valence-electron chi connectivity index (χ2n) is 5.05. The van der Waals surface area contributed by atoms with Gasteiger partial charge in [-0.1, -0.05) is 27.2 Å². The van der Waals surface area contributed by atoms with Gasteiger partial charge in [0, 0.05) is 0 Å². The van der Waals surface area contributed by atoms with Crippen molar-refractivity contribution < 1.29 is 14.6 Å². The molecule has 0 N–H and O–H groups in total. The maximum atomic E-state index is 10.4. The van der Waals surface area contributed by atoms with Crippen LogP contribution >= 0.6 is 0 Å². The van der Waals surface area contributed by atoms with Gasteiger partial charge in [0.15, 0.2) is 0 Å². The van der Waals surface area contributed by atoms with Crippen molar-refractivity contribution in [1.82, 2.24) is 0 Å². The first-order valence-electron chi connectivity index (χ1n) is 5.82. The summed E-state index contributed by atoms with van der Waals surface area (Å²) in [5, 5.41) is 10.4. The van der Waals surface area contributed by atoms with E-state index < -0.39 is 5.97 Å². The lowest BCUT2D eigenvalue weighted by molar-refractivity contribution is -0.311. The fraction of sp³-hybridized carbons (Fsp3) is 0.917. The molecular weight excluding hydrogens is 192 g/mol. The predicted octanol–water partition coefficient (Wildman–Crippen LogP) is 1.21. The Morgan fingerprint density at radius 1 is 1.47 bits per heavy atom. The molecule has 3 nitrogen and oxygen atoms in total. The zero-order chi connectivity index (χ0) is 11.4. The van der Waals surface area contributed by atoms with E-state index in [-0.39, 0.29) is 12.7 Å². The molecule has 1 fully saturated rings. The summed E-state index contributed by atoms with van der Waals surface area (Å²) in [6.07, 6.45) is 3.47. The molecular formula is C12H21O3-. The first kappa shape index (κ1) is 12.5. The van der Waals surface area contributed by atoms with Gasteiger partial charge in [-0.3, -0.25) is 0 Å². The molecule has 1 aliphatic carbocycles. The van der Waals surface area contributed by atoms with E-state index >= 15 is 0 Å². The third-order valence-corrected chi connectivity index (χ3v) is 3.38. The van der Waals surface area contributed by atoms with E-state index in [1.165, 1.54) is 6.42 Å². The summed E-state index contributed by atoms with van der Waals surface area (Å²) in [4.78, 5) is 10.4. The molecule has 0 spiro atoms. The first-order valence-corrected chi connectivity index (χ1v) is 5.82. The average molecular weight is 213 g/mol. The number of carboxylic acids is 1. The third kappa shape index (κ3) is 3.82. The summed E-state index contributed by atoms with van der Waals surface area (Å²) in [6.45, 7) is 6.29. The largest absolute Gasteiger partial charge is 0.548 e. The monoisotopic (exact) mass is 213 g/mol. The Bertz CT molecular complexity index is 213. The molecule has 0 amide bonds. The number of rotatable bonds is 4. The van der Waals surface area contributed by atoms with Crippen LogP contribution in [0.3, 0.4) is 0 Å².